The summed E-state index contributed by atoms with van der Waals surface area (Å²) >= 11 is 0. The van der Waals surface area contributed by atoms with E-state index in [0.717, 1.165) is 0 Å². The average Bonchev–Trinajstić information content (AvgIpc) is 1.80. The number of carboxylic acid groups (broad SMARTS) is 1. The van der Waals surface area contributed by atoms with Gasteiger partial charge >= 0.3 is 88.7 Å². The number of phosphoric acid groups is 1. The van der Waals surface area contributed by atoms with Crippen LogP contribution in [0.4, 0.5) is 0 Å². The number of aliphatic carboxylic acids is 1. The minimum absolute atomic E-state index is 0. The summed E-state index contributed by atoms with van der Waals surface area (Å²) in [4.78, 5) is 29.3. The van der Waals surface area contributed by atoms with Gasteiger partial charge in [0.2, 0.25) is 0 Å². The van der Waals surface area contributed by atoms with Crippen LogP contribution in [0.5, 0.6) is 0 Å². The van der Waals surface area contributed by atoms with Crippen molar-refractivity contribution in [1.29, 1.82) is 0 Å². The third kappa shape index (κ3) is 19.0. The van der Waals surface area contributed by atoms with E-state index < -0.39 is 26.5 Å². The molecule has 8 nitrogen and oxygen atoms in total. The van der Waals surface area contributed by atoms with E-state index in [1.54, 1.807) is 0 Å². The van der Waals surface area contributed by atoms with E-state index >= 15 is 0 Å². The largest absolute Gasteiger partial charge is 1.00 e. The minimum Gasteiger partial charge on any atom is -0.790 e. The predicted molar refractivity (Wildman–Crippen MR) is 28.2 cm³/mol. The van der Waals surface area contributed by atoms with Crippen LogP contribution in [0.2, 0.25) is 0 Å². The van der Waals surface area contributed by atoms with Gasteiger partial charge in [-0.25, -0.2) is 0 Å². The second-order valence-electron chi connectivity index (χ2n) is 1.54. The Morgan fingerprint density at radius 1 is 1.33 bits per heavy atom. The number of hydrogen-bond acceptors (Lipinski definition) is 7. The molecule has 0 unspecified atom stereocenters. The van der Waals surface area contributed by atoms with Crippen LogP contribution in [0, 0.1) is 0 Å². The van der Waals surface area contributed by atoms with Crippen LogP contribution in [0.15, 0.2) is 0 Å². The zero-order valence-corrected chi connectivity index (χ0v) is 15.5. The van der Waals surface area contributed by atoms with Crippen molar-refractivity contribution < 1.29 is 128 Å². The summed E-state index contributed by atoms with van der Waals surface area (Å²) in [6.45, 7) is -1.13. The van der Waals surface area contributed by atoms with Crippen LogP contribution in [0.1, 0.15) is 0 Å². The van der Waals surface area contributed by atoms with E-state index in [-0.39, 0.29) is 94.1 Å². The van der Waals surface area contributed by atoms with Gasteiger partial charge in [0.15, 0.2) is 0 Å². The summed E-state index contributed by atoms with van der Waals surface area (Å²) in [5, 5.41) is 17.9. The van der Waals surface area contributed by atoms with Crippen molar-refractivity contribution >= 4 is 13.8 Å². The molecule has 0 aromatic heterocycles. The SMILES string of the molecule is O.O=C([O-])[C@@H](CO)OP(=O)([O-])[O-].[Na+].[Na+].[Na+]. The molecule has 12 heteroatoms. The molecule has 0 aliphatic rings. The molecule has 0 aromatic carbocycles. The Balaban J connectivity index is -0.0000000833. The van der Waals surface area contributed by atoms with Crippen LogP contribution >= 0.6 is 7.82 Å². The molecule has 0 amide bonds. The normalized spacial score (nSPS) is 10.6. The second kappa shape index (κ2) is 14.6. The fraction of sp³-hybridized carbons (Fsp3) is 0.667. The van der Waals surface area contributed by atoms with E-state index in [9.17, 15) is 24.3 Å². The van der Waals surface area contributed by atoms with Crippen molar-refractivity contribution in [2.24, 2.45) is 0 Å². The van der Waals surface area contributed by atoms with Crippen molar-refractivity contribution in [3.05, 3.63) is 0 Å². The maximum absolute atomic E-state index is 9.81. The number of aliphatic hydroxyl groups excluding tert-OH is 1. The number of aliphatic hydroxyl groups is 1. The van der Waals surface area contributed by atoms with Crippen molar-refractivity contribution in [3.63, 3.8) is 0 Å². The Morgan fingerprint density at radius 3 is 1.73 bits per heavy atom. The first kappa shape index (κ1) is 30.5. The van der Waals surface area contributed by atoms with Crippen LogP contribution in [-0.4, -0.2) is 29.3 Å². The fourth-order valence-electron chi connectivity index (χ4n) is 0.307. The molecule has 0 saturated heterocycles. The molecule has 0 saturated carbocycles. The molecule has 0 fully saturated rings. The van der Waals surface area contributed by atoms with Gasteiger partial charge in [-0.15, -0.1) is 0 Å². The van der Waals surface area contributed by atoms with Crippen molar-refractivity contribution in [1.82, 2.24) is 0 Å². The molecule has 74 valence electrons. The second-order valence-corrected chi connectivity index (χ2v) is 2.65. The molecule has 0 rings (SSSR count). The molecule has 0 heterocycles. The number of carbonyl (C=O) groups excluding carboxylic acids is 1. The summed E-state index contributed by atoms with van der Waals surface area (Å²) < 4.78 is 13.1. The Bertz CT molecular complexity index is 194. The summed E-state index contributed by atoms with van der Waals surface area (Å²) in [7, 11) is -5.37. The van der Waals surface area contributed by atoms with Gasteiger partial charge in [0.25, 0.3) is 0 Å². The third-order valence-corrected chi connectivity index (χ3v) is 1.20. The summed E-state index contributed by atoms with van der Waals surface area (Å²) in [5.74, 6) is -1.96. The third-order valence-electron chi connectivity index (χ3n) is 0.685. The first-order valence-electron chi connectivity index (χ1n) is 2.39. The van der Waals surface area contributed by atoms with Gasteiger partial charge in [0, 0.05) is 0 Å². The molecule has 0 aliphatic heterocycles. The molecule has 0 aromatic rings. The Hall–Kier alpha value is 2.50. The molecule has 0 aliphatic carbocycles. The Morgan fingerprint density at radius 2 is 1.67 bits per heavy atom. The van der Waals surface area contributed by atoms with Crippen molar-refractivity contribution in [3.8, 4) is 0 Å². The molecule has 1 atom stereocenters. The number of phosphoric ester groups is 1. The maximum atomic E-state index is 9.81. The van der Waals surface area contributed by atoms with Gasteiger partial charge in [-0.3, -0.25) is 0 Å². The van der Waals surface area contributed by atoms with Gasteiger partial charge in [-0.2, -0.15) is 0 Å². The first-order chi connectivity index (χ1) is 4.87. The molecule has 0 bridgehead atoms. The number of rotatable bonds is 4. The van der Waals surface area contributed by atoms with E-state index in [2.05, 4.69) is 4.52 Å². The summed E-state index contributed by atoms with van der Waals surface area (Å²) in [6.07, 6.45) is -2.11. The molecule has 3 N–H and O–H groups in total. The van der Waals surface area contributed by atoms with Gasteiger partial charge in [0.1, 0.15) is 6.10 Å². The Labute approximate surface area is 152 Å². The average molecular weight is 270 g/mol. The summed E-state index contributed by atoms with van der Waals surface area (Å²) in [5.41, 5.74) is 0. The predicted octanol–water partition coefficient (Wildman–Crippen LogP) is -13.9. The number of carboxylic acids is 1. The van der Waals surface area contributed by atoms with Gasteiger partial charge in [-0.1, -0.05) is 0 Å². The minimum atomic E-state index is -5.37. The molecular formula is C3H6Na3O8P. The number of carbonyl (C=O) groups is 1. The Kier molecular flexibility index (Phi) is 29.6. The van der Waals surface area contributed by atoms with Crippen LogP contribution in [-0.2, 0) is 13.9 Å². The van der Waals surface area contributed by atoms with E-state index in [0.29, 0.717) is 0 Å². The van der Waals surface area contributed by atoms with E-state index in [4.69, 9.17) is 5.11 Å². The smallest absolute Gasteiger partial charge is 0.790 e. The molecule has 0 spiro atoms. The zero-order valence-electron chi connectivity index (χ0n) is 8.63. The maximum Gasteiger partial charge on any atom is 1.00 e. The molecular weight excluding hydrogens is 264 g/mol. The quantitative estimate of drug-likeness (QED) is 0.391. The van der Waals surface area contributed by atoms with Crippen molar-refractivity contribution in [2.75, 3.05) is 6.61 Å². The molecule has 15 heavy (non-hydrogen) atoms. The topological polar surface area (TPSA) is 164 Å². The van der Waals surface area contributed by atoms with E-state index in [1.807, 2.05) is 0 Å². The van der Waals surface area contributed by atoms with Crippen LogP contribution in [0.25, 0.3) is 0 Å². The standard InChI is InChI=1S/C3H7O7P.3Na.H2O/c4-1-2(3(5)6)10-11(7,8)9;;;;/h2,4H,1H2,(H,5,6)(H2,7,8,9);;;;1H2/q;3*+1;/p-3/t2-;;;;/m1..../s1. The fourth-order valence-corrected chi connectivity index (χ4v) is 0.771. The summed E-state index contributed by atoms with van der Waals surface area (Å²) in [6, 6.07) is 0. The van der Waals surface area contributed by atoms with E-state index in [1.165, 1.54) is 0 Å². The monoisotopic (exact) mass is 270 g/mol. The van der Waals surface area contributed by atoms with Crippen molar-refractivity contribution in [2.45, 2.75) is 6.10 Å². The van der Waals surface area contributed by atoms with Gasteiger partial charge < -0.3 is 39.4 Å². The zero-order chi connectivity index (χ0) is 9.07. The number of hydrogen-bond donors (Lipinski definition) is 1. The first-order valence-corrected chi connectivity index (χ1v) is 3.85. The van der Waals surface area contributed by atoms with Crippen LogP contribution < -0.4 is 104 Å². The van der Waals surface area contributed by atoms with Gasteiger partial charge in [-0.05, 0) is 0 Å². The van der Waals surface area contributed by atoms with Gasteiger partial charge in [0.05, 0.1) is 20.4 Å². The molecule has 0 radical (unpaired) electrons. The van der Waals surface area contributed by atoms with Crippen LogP contribution in [0.3, 0.4) is 0 Å².